The fraction of sp³-hybridized carbons (Fsp3) is 0.682. The van der Waals surface area contributed by atoms with E-state index in [9.17, 15) is 9.59 Å². The molecule has 164 valence electrons. The van der Waals surface area contributed by atoms with Crippen molar-refractivity contribution in [1.29, 1.82) is 0 Å². The minimum Gasteiger partial charge on any atom is -0.459 e. The second-order valence-electron chi connectivity index (χ2n) is 8.15. The highest BCUT2D eigenvalue weighted by atomic mass is 16.6. The van der Waals surface area contributed by atoms with Gasteiger partial charge in [-0.3, -0.25) is 9.78 Å². The van der Waals surface area contributed by atoms with E-state index in [4.69, 9.17) is 4.74 Å². The molecule has 29 heavy (non-hydrogen) atoms. The number of pyridine rings is 1. The second-order valence-corrected chi connectivity index (χ2v) is 8.15. The topological polar surface area (TPSA) is 83.6 Å². The Morgan fingerprint density at radius 2 is 1.79 bits per heavy atom. The number of carbonyl (C=O) groups excluding carboxylic acids is 2. The maximum atomic E-state index is 12.5. The van der Waals surface area contributed by atoms with Crippen LogP contribution in [0.5, 0.6) is 0 Å². The number of aromatic nitrogens is 1. The van der Waals surface area contributed by atoms with Crippen molar-refractivity contribution >= 4 is 12.0 Å². The van der Waals surface area contributed by atoms with Crippen LogP contribution < -0.4 is 10.6 Å². The highest BCUT2D eigenvalue weighted by Crippen LogP contribution is 2.06. The van der Waals surface area contributed by atoms with Crippen LogP contribution in [0.2, 0.25) is 0 Å². The molecule has 0 saturated heterocycles. The Hall–Kier alpha value is -2.15. The van der Waals surface area contributed by atoms with Gasteiger partial charge in [0, 0.05) is 38.6 Å². The summed E-state index contributed by atoms with van der Waals surface area (Å²) in [5, 5.41) is 6.08. The zero-order valence-corrected chi connectivity index (χ0v) is 18.5. The number of carbonyl (C=O) groups is 2. The molecule has 0 bridgehead atoms. The van der Waals surface area contributed by atoms with Gasteiger partial charge in [-0.1, -0.05) is 19.8 Å². The van der Waals surface area contributed by atoms with E-state index in [0.29, 0.717) is 19.6 Å². The third kappa shape index (κ3) is 12.8. The number of amides is 2. The summed E-state index contributed by atoms with van der Waals surface area (Å²) in [6.07, 6.45) is 8.55. The van der Waals surface area contributed by atoms with Crippen molar-refractivity contribution in [1.82, 2.24) is 20.5 Å². The van der Waals surface area contributed by atoms with Crippen molar-refractivity contribution in [2.75, 3.05) is 32.7 Å². The number of urea groups is 1. The standard InChI is InChI=1S/C22H38N4O3/c1-5-6-7-16-26(17-15-24-18-20(27)29-22(2,3)4)21(28)25-12-8-9-19-10-13-23-14-11-19/h10-11,13-14,24H,5-9,12,15-18H2,1-4H3,(H,25,28). The molecule has 2 amide bonds. The summed E-state index contributed by atoms with van der Waals surface area (Å²) in [5.41, 5.74) is 0.738. The number of hydrogen-bond donors (Lipinski definition) is 2. The first-order valence-electron chi connectivity index (χ1n) is 10.7. The van der Waals surface area contributed by atoms with E-state index in [-0.39, 0.29) is 18.5 Å². The van der Waals surface area contributed by atoms with Crippen molar-refractivity contribution in [2.24, 2.45) is 0 Å². The van der Waals surface area contributed by atoms with Crippen molar-refractivity contribution in [3.8, 4) is 0 Å². The van der Waals surface area contributed by atoms with Gasteiger partial charge in [-0.15, -0.1) is 0 Å². The fourth-order valence-corrected chi connectivity index (χ4v) is 2.80. The number of nitrogens with zero attached hydrogens (tertiary/aromatic N) is 2. The Kier molecular flexibility index (Phi) is 12.0. The van der Waals surface area contributed by atoms with Gasteiger partial charge in [0.05, 0.1) is 6.54 Å². The highest BCUT2D eigenvalue weighted by Gasteiger charge is 2.16. The molecule has 0 spiro atoms. The van der Waals surface area contributed by atoms with Crippen LogP contribution in [0.4, 0.5) is 4.79 Å². The lowest BCUT2D eigenvalue weighted by Gasteiger charge is -2.24. The van der Waals surface area contributed by atoms with E-state index in [1.165, 1.54) is 5.56 Å². The molecule has 7 heteroatoms. The summed E-state index contributed by atoms with van der Waals surface area (Å²) < 4.78 is 5.28. The van der Waals surface area contributed by atoms with Crippen molar-refractivity contribution in [3.05, 3.63) is 30.1 Å². The van der Waals surface area contributed by atoms with Crippen LogP contribution in [0.1, 0.15) is 58.9 Å². The Morgan fingerprint density at radius 3 is 2.45 bits per heavy atom. The summed E-state index contributed by atoms with van der Waals surface area (Å²) in [5.74, 6) is -0.282. The Bertz CT molecular complexity index is 587. The van der Waals surface area contributed by atoms with Gasteiger partial charge in [0.1, 0.15) is 5.60 Å². The molecule has 1 heterocycles. The Labute approximate surface area is 175 Å². The average Bonchev–Trinajstić information content (AvgIpc) is 2.66. The van der Waals surface area contributed by atoms with Gasteiger partial charge in [0.25, 0.3) is 0 Å². The molecule has 0 unspecified atom stereocenters. The molecule has 1 aromatic heterocycles. The lowest BCUT2D eigenvalue weighted by molar-refractivity contribution is -0.153. The first-order valence-corrected chi connectivity index (χ1v) is 10.7. The quantitative estimate of drug-likeness (QED) is 0.388. The van der Waals surface area contributed by atoms with Crippen LogP contribution in [0.3, 0.4) is 0 Å². The number of aryl methyl sites for hydroxylation is 1. The monoisotopic (exact) mass is 406 g/mol. The van der Waals surface area contributed by atoms with Gasteiger partial charge in [-0.25, -0.2) is 4.79 Å². The SMILES string of the molecule is CCCCCN(CCNCC(=O)OC(C)(C)C)C(=O)NCCCc1ccncc1. The average molecular weight is 407 g/mol. The van der Waals surface area contributed by atoms with Crippen LogP contribution >= 0.6 is 0 Å². The molecular weight excluding hydrogens is 368 g/mol. The van der Waals surface area contributed by atoms with Gasteiger partial charge in [0.2, 0.25) is 0 Å². The molecular formula is C22H38N4O3. The Morgan fingerprint density at radius 1 is 1.07 bits per heavy atom. The summed E-state index contributed by atoms with van der Waals surface area (Å²) in [6.45, 7) is 10.3. The minimum atomic E-state index is -0.485. The number of esters is 1. The van der Waals surface area contributed by atoms with Crippen molar-refractivity contribution in [2.45, 2.75) is 65.4 Å². The third-order valence-electron chi connectivity index (χ3n) is 4.23. The molecule has 0 aliphatic heterocycles. The summed E-state index contributed by atoms with van der Waals surface area (Å²) in [7, 11) is 0. The van der Waals surface area contributed by atoms with Crippen LogP contribution in [-0.2, 0) is 16.0 Å². The molecule has 0 aliphatic carbocycles. The van der Waals surface area contributed by atoms with Gasteiger partial charge in [-0.05, 0) is 57.7 Å². The molecule has 1 aromatic rings. The number of unbranched alkanes of at least 4 members (excludes halogenated alkanes) is 2. The molecule has 0 fully saturated rings. The minimum absolute atomic E-state index is 0.0464. The van der Waals surface area contributed by atoms with Gasteiger partial charge in [-0.2, -0.15) is 0 Å². The van der Waals surface area contributed by atoms with Gasteiger partial charge >= 0.3 is 12.0 Å². The van der Waals surface area contributed by atoms with Gasteiger partial charge in [0.15, 0.2) is 0 Å². The normalized spacial score (nSPS) is 11.2. The number of rotatable bonds is 13. The van der Waals surface area contributed by atoms with E-state index in [1.54, 1.807) is 12.4 Å². The smallest absolute Gasteiger partial charge is 0.320 e. The first-order chi connectivity index (χ1) is 13.8. The van der Waals surface area contributed by atoms with Crippen LogP contribution in [0, 0.1) is 0 Å². The number of nitrogens with one attached hydrogen (secondary N) is 2. The predicted molar refractivity (Wildman–Crippen MR) is 116 cm³/mol. The molecule has 0 aliphatic rings. The molecule has 0 saturated carbocycles. The van der Waals surface area contributed by atoms with Gasteiger partial charge < -0.3 is 20.3 Å². The number of hydrogen-bond acceptors (Lipinski definition) is 5. The highest BCUT2D eigenvalue weighted by molar-refractivity contribution is 5.74. The Balaban J connectivity index is 2.33. The van der Waals surface area contributed by atoms with E-state index < -0.39 is 5.60 Å². The third-order valence-corrected chi connectivity index (χ3v) is 4.23. The number of ether oxygens (including phenoxy) is 1. The second kappa shape index (κ2) is 13.9. The van der Waals surface area contributed by atoms with E-state index in [2.05, 4.69) is 22.5 Å². The van der Waals surface area contributed by atoms with Crippen LogP contribution in [-0.4, -0.2) is 60.2 Å². The largest absolute Gasteiger partial charge is 0.459 e. The van der Waals surface area contributed by atoms with E-state index in [1.807, 2.05) is 37.8 Å². The van der Waals surface area contributed by atoms with Crippen molar-refractivity contribution in [3.63, 3.8) is 0 Å². The first kappa shape index (κ1) is 24.9. The van der Waals surface area contributed by atoms with Crippen LogP contribution in [0.25, 0.3) is 0 Å². The summed E-state index contributed by atoms with van der Waals surface area (Å²) in [4.78, 5) is 30.1. The summed E-state index contributed by atoms with van der Waals surface area (Å²) >= 11 is 0. The van der Waals surface area contributed by atoms with Crippen LogP contribution in [0.15, 0.2) is 24.5 Å². The zero-order valence-electron chi connectivity index (χ0n) is 18.5. The lowest BCUT2D eigenvalue weighted by Crippen LogP contribution is -2.44. The fourth-order valence-electron chi connectivity index (χ4n) is 2.80. The van der Waals surface area contributed by atoms with Crippen molar-refractivity contribution < 1.29 is 14.3 Å². The molecule has 7 nitrogen and oxygen atoms in total. The molecule has 0 radical (unpaired) electrons. The lowest BCUT2D eigenvalue weighted by atomic mass is 10.1. The summed E-state index contributed by atoms with van der Waals surface area (Å²) in [6, 6.07) is 3.94. The molecule has 0 atom stereocenters. The predicted octanol–water partition coefficient (Wildman–Crippen LogP) is 3.15. The maximum absolute atomic E-state index is 12.5. The molecule has 1 rings (SSSR count). The van der Waals surface area contributed by atoms with E-state index in [0.717, 1.165) is 38.6 Å². The maximum Gasteiger partial charge on any atom is 0.320 e. The zero-order chi connectivity index (χ0) is 21.5. The molecule has 0 aromatic carbocycles. The van der Waals surface area contributed by atoms with E-state index >= 15 is 0 Å². The molecule has 2 N–H and O–H groups in total.